The zero-order chi connectivity index (χ0) is 29.7. The third kappa shape index (κ3) is 3.90. The topological polar surface area (TPSA) is 75.7 Å². The van der Waals surface area contributed by atoms with Crippen LogP contribution < -0.4 is 10.1 Å². The average molecular weight is 587 g/mol. The Hall–Kier alpha value is -4.94. The summed E-state index contributed by atoms with van der Waals surface area (Å²) in [6, 6.07) is 27.3. The van der Waals surface area contributed by atoms with Crippen molar-refractivity contribution in [3.8, 4) is 5.75 Å². The number of Topliss-reactive ketones (excluding diaryl/α,β-unsaturated/α-hetero) is 2. The predicted molar refractivity (Wildman–Crippen MR) is 166 cm³/mol. The molecule has 1 fully saturated rings. The van der Waals surface area contributed by atoms with Crippen molar-refractivity contribution < 1.29 is 19.1 Å². The molecule has 0 unspecified atom stereocenters. The second-order valence-electron chi connectivity index (χ2n) is 10.9. The molecule has 3 aliphatic heterocycles. The molecule has 3 aliphatic rings. The van der Waals surface area contributed by atoms with Crippen molar-refractivity contribution in [3.63, 3.8) is 0 Å². The normalized spacial score (nSPS) is 22.9. The molecule has 1 spiro atoms. The van der Waals surface area contributed by atoms with Crippen LogP contribution in [0.5, 0.6) is 5.75 Å². The summed E-state index contributed by atoms with van der Waals surface area (Å²) in [7, 11) is 0. The van der Waals surface area contributed by atoms with Crippen molar-refractivity contribution in [2.75, 3.05) is 11.9 Å². The van der Waals surface area contributed by atoms with Crippen molar-refractivity contribution in [2.45, 2.75) is 17.5 Å². The molecule has 1 N–H and O–H groups in total. The molecule has 4 aromatic carbocycles. The monoisotopic (exact) mass is 586 g/mol. The molecule has 6 nitrogen and oxygen atoms in total. The fraction of sp³-hybridized carbons (Fsp3) is 0.139. The van der Waals surface area contributed by atoms with Crippen LogP contribution in [0, 0.1) is 5.92 Å². The lowest BCUT2D eigenvalue weighted by Crippen LogP contribution is -2.49. The molecule has 212 valence electrons. The van der Waals surface area contributed by atoms with Crippen LogP contribution in [0.2, 0.25) is 5.02 Å². The van der Waals surface area contributed by atoms with Crippen molar-refractivity contribution >= 4 is 40.8 Å². The fourth-order valence-corrected chi connectivity index (χ4v) is 7.33. The maximum Gasteiger partial charge on any atom is 0.238 e. The molecule has 43 heavy (non-hydrogen) atoms. The fourth-order valence-electron chi connectivity index (χ4n) is 7.10. The van der Waals surface area contributed by atoms with Gasteiger partial charge in [0.25, 0.3) is 0 Å². The summed E-state index contributed by atoms with van der Waals surface area (Å²) in [4.78, 5) is 46.3. The lowest BCUT2D eigenvalue weighted by atomic mass is 9.62. The first-order chi connectivity index (χ1) is 21.0. The van der Waals surface area contributed by atoms with Gasteiger partial charge >= 0.3 is 0 Å². The van der Waals surface area contributed by atoms with Gasteiger partial charge in [0.15, 0.2) is 11.6 Å². The minimum absolute atomic E-state index is 0.191. The highest BCUT2D eigenvalue weighted by atomic mass is 35.5. The van der Waals surface area contributed by atoms with E-state index in [2.05, 4.69) is 11.9 Å². The summed E-state index contributed by atoms with van der Waals surface area (Å²) < 4.78 is 5.92. The number of nitrogens with zero attached hydrogens (tertiary/aromatic N) is 1. The van der Waals surface area contributed by atoms with E-state index in [-0.39, 0.29) is 34.7 Å². The van der Waals surface area contributed by atoms with Gasteiger partial charge in [-0.1, -0.05) is 91.0 Å². The standard InChI is InChI=1S/C36H27ClN2O4/c1-2-21-43-29-18-10-6-14-25(29)32(40)30-31(33(41)24-13-5-8-16-27(24)37)39-20-19-22-11-3-4-12-23(22)34(39)36(30)26-15-7-9-17-28(26)38-35(36)42/h2-20,30-31,34H,1,21H2,(H,38,42)/t30-,31+,34+,36-/m0/s1. The maximum absolute atomic E-state index is 15.1. The van der Waals surface area contributed by atoms with Crippen molar-refractivity contribution in [2.24, 2.45) is 5.92 Å². The van der Waals surface area contributed by atoms with Gasteiger partial charge in [-0.3, -0.25) is 14.4 Å². The Kier molecular flexibility index (Phi) is 6.51. The van der Waals surface area contributed by atoms with E-state index < -0.39 is 23.4 Å². The van der Waals surface area contributed by atoms with E-state index in [1.807, 2.05) is 65.7 Å². The summed E-state index contributed by atoms with van der Waals surface area (Å²) in [6.45, 7) is 3.92. The number of hydrogen-bond donors (Lipinski definition) is 1. The van der Waals surface area contributed by atoms with E-state index >= 15 is 4.79 Å². The summed E-state index contributed by atoms with van der Waals surface area (Å²) in [6.07, 6.45) is 5.37. The Morgan fingerprint density at radius 3 is 2.42 bits per heavy atom. The number of para-hydroxylation sites is 2. The lowest BCUT2D eigenvalue weighted by Gasteiger charge is -2.38. The average Bonchev–Trinajstić information content (AvgIpc) is 3.52. The number of rotatable bonds is 7. The first-order valence-corrected chi connectivity index (χ1v) is 14.5. The first-order valence-electron chi connectivity index (χ1n) is 14.1. The highest BCUT2D eigenvalue weighted by Gasteiger charge is 2.71. The van der Waals surface area contributed by atoms with Gasteiger partial charge in [-0.15, -0.1) is 0 Å². The van der Waals surface area contributed by atoms with Crippen LogP contribution in [0.3, 0.4) is 0 Å². The van der Waals surface area contributed by atoms with Crippen LogP contribution in [0.1, 0.15) is 43.4 Å². The number of nitrogens with one attached hydrogen (secondary N) is 1. The Morgan fingerprint density at radius 1 is 0.907 bits per heavy atom. The van der Waals surface area contributed by atoms with Crippen LogP contribution in [-0.2, 0) is 10.2 Å². The van der Waals surface area contributed by atoms with Crippen LogP contribution >= 0.6 is 11.6 Å². The summed E-state index contributed by atoms with van der Waals surface area (Å²) in [5.41, 5.74) is 2.23. The number of carbonyl (C=O) groups is 3. The van der Waals surface area contributed by atoms with E-state index in [0.29, 0.717) is 22.6 Å². The Morgan fingerprint density at radius 2 is 1.60 bits per heavy atom. The second kappa shape index (κ2) is 10.4. The molecule has 0 aromatic heterocycles. The molecule has 0 bridgehead atoms. The van der Waals surface area contributed by atoms with E-state index in [4.69, 9.17) is 16.3 Å². The number of hydrogen-bond acceptors (Lipinski definition) is 5. The van der Waals surface area contributed by atoms with Crippen LogP contribution in [0.4, 0.5) is 5.69 Å². The zero-order valence-corrected chi connectivity index (χ0v) is 23.8. The van der Waals surface area contributed by atoms with Gasteiger partial charge in [0.1, 0.15) is 23.8 Å². The number of ketones is 2. The van der Waals surface area contributed by atoms with Gasteiger partial charge in [0.2, 0.25) is 5.91 Å². The Bertz CT molecular complexity index is 1850. The largest absolute Gasteiger partial charge is 0.489 e. The molecular formula is C36H27ClN2O4. The summed E-state index contributed by atoms with van der Waals surface area (Å²) >= 11 is 6.59. The summed E-state index contributed by atoms with van der Waals surface area (Å²) in [5, 5.41) is 3.35. The van der Waals surface area contributed by atoms with Crippen LogP contribution in [-0.4, -0.2) is 35.0 Å². The zero-order valence-electron chi connectivity index (χ0n) is 23.1. The van der Waals surface area contributed by atoms with Crippen molar-refractivity contribution in [1.29, 1.82) is 0 Å². The van der Waals surface area contributed by atoms with E-state index in [1.54, 1.807) is 54.6 Å². The first kappa shape index (κ1) is 26.9. The van der Waals surface area contributed by atoms with Crippen LogP contribution in [0.25, 0.3) is 6.08 Å². The molecule has 0 saturated carbocycles. The van der Waals surface area contributed by atoms with Gasteiger partial charge in [-0.25, -0.2) is 0 Å². The molecule has 7 rings (SSSR count). The number of benzene rings is 4. The van der Waals surface area contributed by atoms with Crippen molar-refractivity contribution in [1.82, 2.24) is 4.90 Å². The van der Waals surface area contributed by atoms with Gasteiger partial charge in [-0.2, -0.15) is 0 Å². The number of carbonyl (C=O) groups excluding carboxylic acids is 3. The highest BCUT2D eigenvalue weighted by Crippen LogP contribution is 2.62. The molecule has 1 saturated heterocycles. The SMILES string of the molecule is C=CCOc1ccccc1C(=O)[C@@H]1[C@H](C(=O)c2ccccc2Cl)N2C=Cc3ccccc3[C@@H]2[C@@]12C(=O)Nc1ccccc12. The number of anilines is 1. The quantitative estimate of drug-likeness (QED) is 0.189. The van der Waals surface area contributed by atoms with Gasteiger partial charge in [-0.05, 0) is 53.1 Å². The molecule has 3 heterocycles. The number of fused-ring (bicyclic) bond motifs is 6. The predicted octanol–water partition coefficient (Wildman–Crippen LogP) is 6.89. The Labute approximate surface area is 254 Å². The molecule has 4 atom stereocenters. The lowest BCUT2D eigenvalue weighted by molar-refractivity contribution is -0.122. The molecule has 7 heteroatoms. The number of amides is 1. The second-order valence-corrected chi connectivity index (χ2v) is 11.3. The third-order valence-electron chi connectivity index (χ3n) is 8.77. The van der Waals surface area contributed by atoms with Gasteiger partial charge in [0, 0.05) is 17.5 Å². The van der Waals surface area contributed by atoms with Crippen molar-refractivity contribution in [3.05, 3.63) is 149 Å². The van der Waals surface area contributed by atoms with Gasteiger partial charge < -0.3 is 15.0 Å². The van der Waals surface area contributed by atoms with Crippen LogP contribution in [0.15, 0.2) is 116 Å². The van der Waals surface area contributed by atoms with E-state index in [9.17, 15) is 9.59 Å². The Balaban J connectivity index is 1.54. The summed E-state index contributed by atoms with van der Waals surface area (Å²) in [5.74, 6) is -1.80. The number of ether oxygens (including phenoxy) is 1. The molecule has 1 amide bonds. The molecule has 0 radical (unpaired) electrons. The minimum atomic E-state index is -1.44. The number of halogens is 1. The smallest absolute Gasteiger partial charge is 0.238 e. The molecule has 4 aromatic rings. The van der Waals surface area contributed by atoms with E-state index in [0.717, 1.165) is 11.1 Å². The molecular weight excluding hydrogens is 560 g/mol. The minimum Gasteiger partial charge on any atom is -0.489 e. The molecule has 0 aliphatic carbocycles. The highest BCUT2D eigenvalue weighted by molar-refractivity contribution is 6.34. The maximum atomic E-state index is 15.1. The van der Waals surface area contributed by atoms with Gasteiger partial charge in [0.05, 0.1) is 22.5 Å². The third-order valence-corrected chi connectivity index (χ3v) is 9.10. The van der Waals surface area contributed by atoms with E-state index in [1.165, 1.54) is 0 Å².